The second kappa shape index (κ2) is 6.28. The molecule has 0 unspecified atom stereocenters. The van der Waals surface area contributed by atoms with Gasteiger partial charge in [-0.25, -0.2) is 8.42 Å². The number of amides is 1. The first-order valence-electron chi connectivity index (χ1n) is 7.87. The van der Waals surface area contributed by atoms with Gasteiger partial charge in [0.1, 0.15) is 0 Å². The molecule has 0 spiro atoms. The number of anilines is 1. The highest BCUT2D eigenvalue weighted by Gasteiger charge is 2.24. The van der Waals surface area contributed by atoms with Crippen LogP contribution in [0.5, 0.6) is 0 Å². The van der Waals surface area contributed by atoms with Crippen LogP contribution in [0.4, 0.5) is 5.69 Å². The monoisotopic (exact) mass is 344 g/mol. The zero-order chi connectivity index (χ0) is 17.3. The first kappa shape index (κ1) is 16.5. The Morgan fingerprint density at radius 1 is 1.04 bits per heavy atom. The average molecular weight is 344 g/mol. The predicted molar refractivity (Wildman–Crippen MR) is 93.7 cm³/mol. The summed E-state index contributed by atoms with van der Waals surface area (Å²) in [7, 11) is -3.76. The van der Waals surface area contributed by atoms with Gasteiger partial charge in [-0.2, -0.15) is 0 Å². The number of hydrogen-bond acceptors (Lipinski definition) is 3. The summed E-state index contributed by atoms with van der Waals surface area (Å²) in [4.78, 5) is 12.2. The van der Waals surface area contributed by atoms with Crippen molar-refractivity contribution in [3.8, 4) is 0 Å². The number of nitrogens with one attached hydrogen (secondary N) is 2. The van der Waals surface area contributed by atoms with Crippen LogP contribution < -0.4 is 10.0 Å². The van der Waals surface area contributed by atoms with Crippen LogP contribution >= 0.6 is 0 Å². The van der Waals surface area contributed by atoms with Crippen molar-refractivity contribution in [3.63, 3.8) is 0 Å². The summed E-state index contributed by atoms with van der Waals surface area (Å²) in [6, 6.07) is 11.9. The van der Waals surface area contributed by atoms with Gasteiger partial charge in [0.15, 0.2) is 0 Å². The third-order valence-corrected chi connectivity index (χ3v) is 5.38. The third-order valence-electron chi connectivity index (χ3n) is 4.04. The van der Waals surface area contributed by atoms with Crippen molar-refractivity contribution < 1.29 is 13.2 Å². The molecule has 0 bridgehead atoms. The Bertz CT molecular complexity index is 867. The molecule has 0 aromatic heterocycles. The van der Waals surface area contributed by atoms with Crippen molar-refractivity contribution >= 4 is 21.6 Å². The number of carbonyl (C=O) groups excluding carboxylic acids is 1. The highest BCUT2D eigenvalue weighted by molar-refractivity contribution is 7.92. The van der Waals surface area contributed by atoms with E-state index in [1.165, 1.54) is 12.1 Å². The van der Waals surface area contributed by atoms with E-state index >= 15 is 0 Å². The molecule has 5 nitrogen and oxygen atoms in total. The van der Waals surface area contributed by atoms with Crippen LogP contribution in [0.1, 0.15) is 34.3 Å². The lowest BCUT2D eigenvalue weighted by Gasteiger charge is -2.13. The first-order chi connectivity index (χ1) is 11.4. The molecule has 1 aliphatic rings. The molecule has 6 heteroatoms. The molecule has 1 aliphatic carbocycles. The third kappa shape index (κ3) is 3.59. The maximum atomic E-state index is 12.7. The van der Waals surface area contributed by atoms with Gasteiger partial charge in [0.05, 0.1) is 10.6 Å². The van der Waals surface area contributed by atoms with E-state index in [0.717, 1.165) is 24.0 Å². The van der Waals surface area contributed by atoms with E-state index in [2.05, 4.69) is 10.0 Å². The lowest BCUT2D eigenvalue weighted by Crippen LogP contribution is -2.25. The fourth-order valence-electron chi connectivity index (χ4n) is 2.47. The smallest absolute Gasteiger partial charge is 0.261 e. The minimum Gasteiger partial charge on any atom is -0.349 e. The van der Waals surface area contributed by atoms with Crippen molar-refractivity contribution in [3.05, 3.63) is 59.2 Å². The van der Waals surface area contributed by atoms with E-state index < -0.39 is 10.0 Å². The number of sulfonamides is 1. The molecule has 1 amide bonds. The van der Waals surface area contributed by atoms with Crippen LogP contribution in [0, 0.1) is 13.8 Å². The first-order valence-corrected chi connectivity index (χ1v) is 9.35. The van der Waals surface area contributed by atoms with Gasteiger partial charge in [0.25, 0.3) is 15.9 Å². The summed E-state index contributed by atoms with van der Waals surface area (Å²) in [5.74, 6) is -0.235. The van der Waals surface area contributed by atoms with Crippen LogP contribution in [-0.2, 0) is 10.0 Å². The van der Waals surface area contributed by atoms with E-state index in [1.807, 2.05) is 32.0 Å². The molecule has 1 fully saturated rings. The number of benzene rings is 2. The molecule has 2 aromatic rings. The van der Waals surface area contributed by atoms with Crippen molar-refractivity contribution in [1.29, 1.82) is 0 Å². The molecule has 3 rings (SSSR count). The molecule has 0 atom stereocenters. The summed E-state index contributed by atoms with van der Waals surface area (Å²) >= 11 is 0. The van der Waals surface area contributed by atoms with Crippen LogP contribution in [-0.4, -0.2) is 20.4 Å². The summed E-state index contributed by atoms with van der Waals surface area (Å²) in [5.41, 5.74) is 2.62. The summed E-state index contributed by atoms with van der Waals surface area (Å²) in [6.07, 6.45) is 1.97. The molecule has 0 aliphatic heterocycles. The van der Waals surface area contributed by atoms with Gasteiger partial charge in [-0.15, -0.1) is 0 Å². The van der Waals surface area contributed by atoms with Gasteiger partial charge in [-0.3, -0.25) is 9.52 Å². The minimum atomic E-state index is -3.76. The Labute approximate surface area is 142 Å². The molecule has 0 saturated heterocycles. The van der Waals surface area contributed by atoms with Gasteiger partial charge >= 0.3 is 0 Å². The van der Waals surface area contributed by atoms with E-state index in [1.54, 1.807) is 12.1 Å². The molecule has 0 radical (unpaired) electrons. The van der Waals surface area contributed by atoms with E-state index in [9.17, 15) is 13.2 Å². The predicted octanol–water partition coefficient (Wildman–Crippen LogP) is 3.00. The van der Waals surface area contributed by atoms with E-state index in [0.29, 0.717) is 11.3 Å². The number of para-hydroxylation sites is 1. The number of hydrogen-bond donors (Lipinski definition) is 2. The Kier molecular flexibility index (Phi) is 4.32. The van der Waals surface area contributed by atoms with Gasteiger partial charge < -0.3 is 5.32 Å². The molecule has 126 valence electrons. The second-order valence-electron chi connectivity index (χ2n) is 6.15. The fraction of sp³-hybridized carbons (Fsp3) is 0.278. The van der Waals surface area contributed by atoms with Crippen molar-refractivity contribution in [2.45, 2.75) is 37.6 Å². The Hall–Kier alpha value is -2.34. The second-order valence-corrected chi connectivity index (χ2v) is 7.83. The lowest BCUT2D eigenvalue weighted by molar-refractivity contribution is 0.0951. The van der Waals surface area contributed by atoms with Crippen molar-refractivity contribution in [2.75, 3.05) is 4.72 Å². The van der Waals surface area contributed by atoms with Crippen LogP contribution in [0.15, 0.2) is 47.4 Å². The zero-order valence-corrected chi connectivity index (χ0v) is 14.5. The van der Waals surface area contributed by atoms with Crippen LogP contribution in [0.2, 0.25) is 0 Å². The molecular weight excluding hydrogens is 324 g/mol. The normalized spacial score (nSPS) is 14.2. The topological polar surface area (TPSA) is 75.3 Å². The van der Waals surface area contributed by atoms with Gasteiger partial charge in [-0.05, 0) is 56.0 Å². The summed E-state index contributed by atoms with van der Waals surface area (Å²) in [5, 5.41) is 2.86. The number of carbonyl (C=O) groups is 1. The lowest BCUT2D eigenvalue weighted by atomic mass is 10.1. The minimum absolute atomic E-state index is 0.0774. The number of aryl methyl sites for hydroxylation is 2. The average Bonchev–Trinajstić information content (AvgIpc) is 3.35. The molecular formula is C18H20N2O3S. The summed E-state index contributed by atoms with van der Waals surface area (Å²) in [6.45, 7) is 3.70. The Morgan fingerprint density at radius 3 is 2.29 bits per heavy atom. The SMILES string of the molecule is Cc1cccc(C)c1NS(=O)(=O)c1cccc(C(=O)NC2CC2)c1. The largest absolute Gasteiger partial charge is 0.349 e. The molecule has 2 aromatic carbocycles. The Balaban J connectivity index is 1.88. The van der Waals surface area contributed by atoms with E-state index in [4.69, 9.17) is 0 Å². The maximum absolute atomic E-state index is 12.7. The fourth-order valence-corrected chi connectivity index (χ4v) is 3.72. The van der Waals surface area contributed by atoms with Gasteiger partial charge in [-0.1, -0.05) is 24.3 Å². The van der Waals surface area contributed by atoms with Gasteiger partial charge in [0.2, 0.25) is 0 Å². The quantitative estimate of drug-likeness (QED) is 0.875. The van der Waals surface area contributed by atoms with Crippen LogP contribution in [0.25, 0.3) is 0 Å². The molecule has 24 heavy (non-hydrogen) atoms. The Morgan fingerprint density at radius 2 is 1.67 bits per heavy atom. The van der Waals surface area contributed by atoms with Crippen LogP contribution in [0.3, 0.4) is 0 Å². The van der Waals surface area contributed by atoms with E-state index in [-0.39, 0.29) is 16.8 Å². The standard InChI is InChI=1S/C18H20N2O3S/c1-12-5-3-6-13(2)17(12)20-24(22,23)16-8-4-7-14(11-16)18(21)19-15-9-10-15/h3-8,11,15,20H,9-10H2,1-2H3,(H,19,21). The molecule has 1 saturated carbocycles. The highest BCUT2D eigenvalue weighted by Crippen LogP contribution is 2.24. The molecule has 2 N–H and O–H groups in total. The van der Waals surface area contributed by atoms with Gasteiger partial charge in [0, 0.05) is 11.6 Å². The molecule has 0 heterocycles. The van der Waals surface area contributed by atoms with Crippen molar-refractivity contribution in [2.24, 2.45) is 0 Å². The van der Waals surface area contributed by atoms with Crippen molar-refractivity contribution in [1.82, 2.24) is 5.32 Å². The maximum Gasteiger partial charge on any atom is 0.261 e. The number of rotatable bonds is 5. The zero-order valence-electron chi connectivity index (χ0n) is 13.7. The summed E-state index contributed by atoms with van der Waals surface area (Å²) < 4.78 is 28.0. The highest BCUT2D eigenvalue weighted by atomic mass is 32.2.